The van der Waals surface area contributed by atoms with Crippen molar-refractivity contribution in [1.29, 1.82) is 0 Å². The molecule has 1 saturated carbocycles. The summed E-state index contributed by atoms with van der Waals surface area (Å²) in [4.78, 5) is 14.5. The lowest BCUT2D eigenvalue weighted by molar-refractivity contribution is -0.119. The summed E-state index contributed by atoms with van der Waals surface area (Å²) in [5.41, 5.74) is 2.24. The fourth-order valence-corrected chi connectivity index (χ4v) is 4.70. The third kappa shape index (κ3) is 3.50. The smallest absolute Gasteiger partial charge is 0.232 e. The summed E-state index contributed by atoms with van der Waals surface area (Å²) in [6.07, 6.45) is 3.74. The van der Waals surface area contributed by atoms with E-state index in [1.54, 1.807) is 11.8 Å². The van der Waals surface area contributed by atoms with Gasteiger partial charge in [0.05, 0.1) is 24.2 Å². The fourth-order valence-electron chi connectivity index (χ4n) is 3.53. The van der Waals surface area contributed by atoms with Crippen molar-refractivity contribution in [3.8, 4) is 5.69 Å². The number of thioether (sulfide) groups is 1. The maximum Gasteiger partial charge on any atom is 0.232 e. The Labute approximate surface area is 157 Å². The molecule has 6 nitrogen and oxygen atoms in total. The van der Waals surface area contributed by atoms with Crippen molar-refractivity contribution >= 4 is 23.5 Å². The zero-order chi connectivity index (χ0) is 17.9. The molecule has 4 rings (SSSR count). The molecule has 0 N–H and O–H groups in total. The third-order valence-corrected chi connectivity index (χ3v) is 6.27. The van der Waals surface area contributed by atoms with Gasteiger partial charge in [-0.15, -0.1) is 10.2 Å². The number of morpholine rings is 1. The molecule has 1 saturated heterocycles. The van der Waals surface area contributed by atoms with Crippen LogP contribution in [-0.4, -0.2) is 52.1 Å². The molecule has 26 heavy (non-hydrogen) atoms. The summed E-state index contributed by atoms with van der Waals surface area (Å²) in [5, 5.41) is 9.78. The normalized spacial score (nSPS) is 21.2. The molecule has 0 amide bonds. The monoisotopic (exact) mass is 372 g/mol. The Morgan fingerprint density at radius 2 is 1.96 bits per heavy atom. The molecule has 1 aromatic carbocycles. The van der Waals surface area contributed by atoms with Gasteiger partial charge in [0.25, 0.3) is 0 Å². The molecule has 7 heteroatoms. The third-order valence-electron chi connectivity index (χ3n) is 5.01. The number of ketones is 1. The second-order valence-electron chi connectivity index (χ2n) is 6.82. The lowest BCUT2D eigenvalue weighted by atomic mass is 9.99. The van der Waals surface area contributed by atoms with Gasteiger partial charge in [0.15, 0.2) is 5.16 Å². The van der Waals surface area contributed by atoms with Gasteiger partial charge in [-0.1, -0.05) is 36.4 Å². The van der Waals surface area contributed by atoms with Crippen molar-refractivity contribution in [3.63, 3.8) is 0 Å². The molecule has 1 aromatic heterocycles. The molecular formula is C19H24N4O2S. The first-order valence-corrected chi connectivity index (χ1v) is 10.2. The lowest BCUT2D eigenvalue weighted by Gasteiger charge is -2.28. The number of benzene rings is 1. The quantitative estimate of drug-likeness (QED) is 0.822. The number of carbonyl (C=O) groups excluding carboxylic acids is 1. The van der Waals surface area contributed by atoms with Crippen LogP contribution in [0.2, 0.25) is 0 Å². The molecule has 0 bridgehead atoms. The molecule has 138 valence electrons. The summed E-state index contributed by atoms with van der Waals surface area (Å²) in [7, 11) is 0. The number of rotatable bonds is 4. The van der Waals surface area contributed by atoms with Gasteiger partial charge in [0, 0.05) is 19.5 Å². The highest BCUT2D eigenvalue weighted by atomic mass is 32.2. The van der Waals surface area contributed by atoms with Crippen LogP contribution < -0.4 is 4.90 Å². The van der Waals surface area contributed by atoms with E-state index in [0.29, 0.717) is 25.4 Å². The van der Waals surface area contributed by atoms with Crippen LogP contribution in [0.3, 0.4) is 0 Å². The van der Waals surface area contributed by atoms with E-state index < -0.39 is 0 Å². The van der Waals surface area contributed by atoms with E-state index in [9.17, 15) is 4.79 Å². The number of hydrogen-bond donors (Lipinski definition) is 0. The van der Waals surface area contributed by atoms with Crippen molar-refractivity contribution < 1.29 is 9.53 Å². The largest absolute Gasteiger partial charge is 0.378 e. The molecule has 1 aliphatic carbocycles. The molecule has 0 unspecified atom stereocenters. The van der Waals surface area contributed by atoms with E-state index in [1.807, 2.05) is 12.1 Å². The Hall–Kier alpha value is -1.86. The van der Waals surface area contributed by atoms with E-state index in [0.717, 1.165) is 49.1 Å². The predicted molar refractivity (Wildman–Crippen MR) is 102 cm³/mol. The van der Waals surface area contributed by atoms with Gasteiger partial charge in [-0.05, 0) is 31.4 Å². The molecule has 0 spiro atoms. The molecule has 2 heterocycles. The van der Waals surface area contributed by atoms with Crippen LogP contribution >= 0.6 is 11.8 Å². The Morgan fingerprint density at radius 1 is 1.15 bits per heavy atom. The zero-order valence-corrected chi connectivity index (χ0v) is 15.9. The summed E-state index contributed by atoms with van der Waals surface area (Å²) in [5.74, 6) is 1.18. The minimum atomic E-state index is -0.00624. The minimum absolute atomic E-state index is 0.00624. The number of Topliss-reactive ketones (excluding diaryl/α,β-unsaturated/α-hetero) is 1. The average molecular weight is 372 g/mol. The SMILES string of the molecule is Cc1ccccc1-n1c(S[C@@H]2CCCCC2=O)nnc1N1CCOCC1. The van der Waals surface area contributed by atoms with E-state index >= 15 is 0 Å². The maximum absolute atomic E-state index is 12.3. The summed E-state index contributed by atoms with van der Waals surface area (Å²) in [6.45, 7) is 5.10. The van der Waals surface area contributed by atoms with E-state index in [4.69, 9.17) is 4.74 Å². The highest BCUT2D eigenvalue weighted by Crippen LogP contribution is 2.35. The van der Waals surface area contributed by atoms with Crippen LogP contribution in [0.1, 0.15) is 31.2 Å². The predicted octanol–water partition coefficient (Wildman–Crippen LogP) is 3.02. The molecular weight excluding hydrogens is 348 g/mol. The standard InChI is InChI=1S/C19H24N4O2S/c1-14-6-2-3-7-15(14)23-18(22-10-12-25-13-11-22)20-21-19(23)26-17-9-5-4-8-16(17)24/h2-3,6-7,17H,4-5,8-13H2,1H3/t17-/m1/s1. The number of aryl methyl sites for hydroxylation is 1. The van der Waals surface area contributed by atoms with Gasteiger partial charge in [-0.3, -0.25) is 9.36 Å². The molecule has 1 aliphatic heterocycles. The lowest BCUT2D eigenvalue weighted by Crippen LogP contribution is -2.38. The van der Waals surface area contributed by atoms with Gasteiger partial charge in [-0.2, -0.15) is 0 Å². The highest BCUT2D eigenvalue weighted by Gasteiger charge is 2.28. The van der Waals surface area contributed by atoms with Gasteiger partial charge < -0.3 is 9.64 Å². The number of aromatic nitrogens is 3. The Morgan fingerprint density at radius 3 is 2.73 bits per heavy atom. The maximum atomic E-state index is 12.3. The molecule has 2 fully saturated rings. The van der Waals surface area contributed by atoms with Crippen LogP contribution in [0.25, 0.3) is 5.69 Å². The van der Waals surface area contributed by atoms with Crippen molar-refractivity contribution in [2.75, 3.05) is 31.2 Å². The highest BCUT2D eigenvalue weighted by molar-refractivity contribution is 8.00. The van der Waals surface area contributed by atoms with Crippen LogP contribution in [-0.2, 0) is 9.53 Å². The van der Waals surface area contributed by atoms with Gasteiger partial charge in [0.2, 0.25) is 5.95 Å². The van der Waals surface area contributed by atoms with E-state index in [1.165, 1.54) is 5.56 Å². The van der Waals surface area contributed by atoms with E-state index in [-0.39, 0.29) is 5.25 Å². The van der Waals surface area contributed by atoms with Crippen molar-refractivity contribution in [2.45, 2.75) is 43.0 Å². The zero-order valence-electron chi connectivity index (χ0n) is 15.1. The Bertz CT molecular complexity index is 786. The number of anilines is 1. The van der Waals surface area contributed by atoms with Crippen molar-refractivity contribution in [2.24, 2.45) is 0 Å². The first-order chi connectivity index (χ1) is 12.7. The van der Waals surface area contributed by atoms with Gasteiger partial charge in [0.1, 0.15) is 5.78 Å². The minimum Gasteiger partial charge on any atom is -0.378 e. The average Bonchev–Trinajstić information content (AvgIpc) is 3.08. The summed E-state index contributed by atoms with van der Waals surface area (Å²) < 4.78 is 7.60. The number of hydrogen-bond acceptors (Lipinski definition) is 6. The fraction of sp³-hybridized carbons (Fsp3) is 0.526. The summed E-state index contributed by atoms with van der Waals surface area (Å²) >= 11 is 1.57. The van der Waals surface area contributed by atoms with Gasteiger partial charge in [-0.25, -0.2) is 0 Å². The Balaban J connectivity index is 1.72. The second-order valence-corrected chi connectivity index (χ2v) is 7.99. The van der Waals surface area contributed by atoms with Crippen LogP contribution in [0.15, 0.2) is 29.4 Å². The summed E-state index contributed by atoms with van der Waals surface area (Å²) in [6, 6.07) is 8.26. The topological polar surface area (TPSA) is 60.2 Å². The second kappa shape index (κ2) is 7.80. The van der Waals surface area contributed by atoms with Crippen molar-refractivity contribution in [3.05, 3.63) is 29.8 Å². The molecule has 1 atom stereocenters. The Kier molecular flexibility index (Phi) is 5.26. The first-order valence-electron chi connectivity index (χ1n) is 9.27. The number of carbonyl (C=O) groups is 1. The van der Waals surface area contributed by atoms with Crippen molar-refractivity contribution in [1.82, 2.24) is 14.8 Å². The molecule has 2 aliphatic rings. The number of ether oxygens (including phenoxy) is 1. The molecule has 0 radical (unpaired) electrons. The molecule has 2 aromatic rings. The van der Waals surface area contributed by atoms with Crippen LogP contribution in [0.4, 0.5) is 5.95 Å². The van der Waals surface area contributed by atoms with Gasteiger partial charge >= 0.3 is 0 Å². The van der Waals surface area contributed by atoms with Crippen LogP contribution in [0.5, 0.6) is 0 Å². The number of para-hydroxylation sites is 1. The van der Waals surface area contributed by atoms with Crippen LogP contribution in [0, 0.1) is 6.92 Å². The van der Waals surface area contributed by atoms with E-state index in [2.05, 4.69) is 38.7 Å². The number of nitrogens with zero attached hydrogens (tertiary/aromatic N) is 4. The first kappa shape index (κ1) is 17.5.